The molecule has 1 atom stereocenters. The van der Waals surface area contributed by atoms with Crippen molar-refractivity contribution in [3.8, 4) is 0 Å². The summed E-state index contributed by atoms with van der Waals surface area (Å²) in [4.78, 5) is 10.8. The van der Waals surface area contributed by atoms with Crippen molar-refractivity contribution in [3.05, 3.63) is 41.2 Å². The fourth-order valence-corrected chi connectivity index (χ4v) is 2.21. The number of tetrazole rings is 1. The van der Waals surface area contributed by atoms with Gasteiger partial charge in [0.1, 0.15) is 0 Å². The van der Waals surface area contributed by atoms with Crippen LogP contribution in [0.15, 0.2) is 24.3 Å². The second-order valence-electron chi connectivity index (χ2n) is 5.31. The molecule has 6 nitrogen and oxygen atoms in total. The third kappa shape index (κ3) is 4.37. The zero-order valence-electron chi connectivity index (χ0n) is 12.4. The van der Waals surface area contributed by atoms with E-state index in [1.165, 1.54) is 5.56 Å². The van der Waals surface area contributed by atoms with Gasteiger partial charge in [-0.3, -0.25) is 4.79 Å². The zero-order chi connectivity index (χ0) is 15.2. The summed E-state index contributed by atoms with van der Waals surface area (Å²) in [5.41, 5.74) is 2.36. The van der Waals surface area contributed by atoms with Crippen molar-refractivity contribution in [2.45, 2.75) is 39.7 Å². The zero-order valence-corrected chi connectivity index (χ0v) is 12.4. The van der Waals surface area contributed by atoms with Crippen LogP contribution in [0.3, 0.4) is 0 Å². The highest BCUT2D eigenvalue weighted by Crippen LogP contribution is 2.13. The summed E-state index contributed by atoms with van der Waals surface area (Å²) in [6.07, 6.45) is 1.58. The first kappa shape index (κ1) is 15.2. The molecule has 0 saturated heterocycles. The fourth-order valence-electron chi connectivity index (χ4n) is 2.21. The van der Waals surface area contributed by atoms with Crippen LogP contribution in [0, 0.1) is 12.8 Å². The van der Waals surface area contributed by atoms with E-state index in [0.717, 1.165) is 17.8 Å². The van der Waals surface area contributed by atoms with Gasteiger partial charge in [-0.1, -0.05) is 43.2 Å². The molecule has 1 heterocycles. The lowest BCUT2D eigenvalue weighted by molar-refractivity contribution is -0.138. The summed E-state index contributed by atoms with van der Waals surface area (Å²) in [6.45, 7) is 4.57. The molecule has 1 aromatic heterocycles. The Morgan fingerprint density at radius 3 is 2.67 bits per heavy atom. The Hall–Kier alpha value is -2.24. The molecule has 1 unspecified atom stereocenters. The first-order valence-electron chi connectivity index (χ1n) is 7.11. The number of aromatic nitrogens is 4. The van der Waals surface area contributed by atoms with Crippen LogP contribution in [0.4, 0.5) is 0 Å². The van der Waals surface area contributed by atoms with Crippen molar-refractivity contribution in [1.82, 2.24) is 20.2 Å². The van der Waals surface area contributed by atoms with Crippen LogP contribution in [0.25, 0.3) is 0 Å². The predicted octanol–water partition coefficient (Wildman–Crippen LogP) is 2.07. The van der Waals surface area contributed by atoms with Gasteiger partial charge in [0.15, 0.2) is 5.82 Å². The van der Waals surface area contributed by atoms with Crippen molar-refractivity contribution >= 4 is 5.97 Å². The second-order valence-corrected chi connectivity index (χ2v) is 5.31. The SMILES string of the molecule is CCC(CC(=O)O)Cn1nnnc1Cc1ccc(C)cc1. The number of aliphatic carboxylic acids is 1. The third-order valence-electron chi connectivity index (χ3n) is 3.56. The molecule has 0 spiro atoms. The van der Waals surface area contributed by atoms with Crippen LogP contribution < -0.4 is 0 Å². The maximum Gasteiger partial charge on any atom is 0.303 e. The third-order valence-corrected chi connectivity index (χ3v) is 3.56. The normalized spacial score (nSPS) is 12.3. The maximum atomic E-state index is 10.8. The van der Waals surface area contributed by atoms with Gasteiger partial charge in [-0.25, -0.2) is 4.68 Å². The molecule has 0 aliphatic heterocycles. The summed E-state index contributed by atoms with van der Waals surface area (Å²) in [6, 6.07) is 8.23. The summed E-state index contributed by atoms with van der Waals surface area (Å²) in [7, 11) is 0. The number of carboxylic acids is 1. The largest absolute Gasteiger partial charge is 0.481 e. The molecule has 0 aliphatic rings. The molecule has 2 rings (SSSR count). The standard InChI is InChI=1S/C15H20N4O2/c1-3-12(9-15(20)21)10-19-14(16-17-18-19)8-13-6-4-11(2)5-7-13/h4-7,12H,3,8-10H2,1-2H3,(H,20,21). The minimum absolute atomic E-state index is 0.0442. The van der Waals surface area contributed by atoms with Gasteiger partial charge < -0.3 is 5.11 Å². The van der Waals surface area contributed by atoms with E-state index in [9.17, 15) is 4.79 Å². The van der Waals surface area contributed by atoms with E-state index in [0.29, 0.717) is 13.0 Å². The van der Waals surface area contributed by atoms with Gasteiger partial charge in [0.05, 0.1) is 0 Å². The van der Waals surface area contributed by atoms with Crippen molar-refractivity contribution in [2.75, 3.05) is 0 Å². The Kier molecular flexibility index (Phi) is 5.03. The van der Waals surface area contributed by atoms with E-state index < -0.39 is 5.97 Å². The molecule has 6 heteroatoms. The Morgan fingerprint density at radius 2 is 2.05 bits per heavy atom. The van der Waals surface area contributed by atoms with E-state index in [4.69, 9.17) is 5.11 Å². The molecule has 2 aromatic rings. The summed E-state index contributed by atoms with van der Waals surface area (Å²) < 4.78 is 1.72. The van der Waals surface area contributed by atoms with E-state index in [-0.39, 0.29) is 12.3 Å². The minimum atomic E-state index is -0.782. The van der Waals surface area contributed by atoms with Crippen molar-refractivity contribution in [2.24, 2.45) is 5.92 Å². The van der Waals surface area contributed by atoms with Gasteiger partial charge in [-0.05, 0) is 28.8 Å². The number of rotatable bonds is 7. The molecule has 1 aromatic carbocycles. The second kappa shape index (κ2) is 6.97. The number of nitrogens with zero attached hydrogens (tertiary/aromatic N) is 4. The number of benzene rings is 1. The lowest BCUT2D eigenvalue weighted by Gasteiger charge is -2.13. The molecule has 0 amide bonds. The van der Waals surface area contributed by atoms with Crippen molar-refractivity contribution < 1.29 is 9.90 Å². The van der Waals surface area contributed by atoms with Crippen LogP contribution in [0.1, 0.15) is 36.7 Å². The molecule has 0 radical (unpaired) electrons. The molecule has 0 saturated carbocycles. The molecule has 0 aliphatic carbocycles. The van der Waals surface area contributed by atoms with Crippen LogP contribution in [-0.4, -0.2) is 31.3 Å². The van der Waals surface area contributed by atoms with Gasteiger partial charge in [-0.2, -0.15) is 0 Å². The number of hydrogen-bond donors (Lipinski definition) is 1. The average molecular weight is 288 g/mol. The topological polar surface area (TPSA) is 80.9 Å². The van der Waals surface area contributed by atoms with Crippen molar-refractivity contribution in [3.63, 3.8) is 0 Å². The number of aryl methyl sites for hydroxylation is 1. The first-order chi connectivity index (χ1) is 10.1. The lowest BCUT2D eigenvalue weighted by Crippen LogP contribution is -2.17. The molecular formula is C15H20N4O2. The van der Waals surface area contributed by atoms with Crippen LogP contribution >= 0.6 is 0 Å². The highest BCUT2D eigenvalue weighted by atomic mass is 16.4. The molecule has 112 valence electrons. The highest BCUT2D eigenvalue weighted by Gasteiger charge is 2.15. The fraction of sp³-hybridized carbons (Fsp3) is 0.467. The minimum Gasteiger partial charge on any atom is -0.481 e. The van der Waals surface area contributed by atoms with E-state index in [1.54, 1.807) is 4.68 Å². The lowest BCUT2D eigenvalue weighted by atomic mass is 10.0. The van der Waals surface area contributed by atoms with Crippen LogP contribution in [0.2, 0.25) is 0 Å². The number of carbonyl (C=O) groups is 1. The summed E-state index contributed by atoms with van der Waals surface area (Å²) in [5.74, 6) is 0.0282. The van der Waals surface area contributed by atoms with Gasteiger partial charge in [0, 0.05) is 19.4 Å². The number of hydrogen-bond acceptors (Lipinski definition) is 4. The van der Waals surface area contributed by atoms with Gasteiger partial charge in [-0.15, -0.1) is 5.10 Å². The molecular weight excluding hydrogens is 268 g/mol. The van der Waals surface area contributed by atoms with Crippen molar-refractivity contribution in [1.29, 1.82) is 0 Å². The van der Waals surface area contributed by atoms with Gasteiger partial charge in [0.25, 0.3) is 0 Å². The Bertz CT molecular complexity index is 592. The summed E-state index contributed by atoms with van der Waals surface area (Å²) >= 11 is 0. The van der Waals surface area contributed by atoms with Gasteiger partial charge in [0.2, 0.25) is 0 Å². The molecule has 0 bridgehead atoms. The van der Waals surface area contributed by atoms with Gasteiger partial charge >= 0.3 is 5.97 Å². The molecule has 21 heavy (non-hydrogen) atoms. The van der Waals surface area contributed by atoms with E-state index >= 15 is 0 Å². The number of carboxylic acid groups (broad SMARTS) is 1. The predicted molar refractivity (Wildman–Crippen MR) is 77.8 cm³/mol. The highest BCUT2D eigenvalue weighted by molar-refractivity contribution is 5.66. The van der Waals surface area contributed by atoms with E-state index in [1.807, 2.05) is 13.8 Å². The Labute approximate surface area is 123 Å². The quantitative estimate of drug-likeness (QED) is 0.843. The Balaban J connectivity index is 2.07. The van der Waals surface area contributed by atoms with E-state index in [2.05, 4.69) is 39.8 Å². The smallest absolute Gasteiger partial charge is 0.303 e. The van der Waals surface area contributed by atoms with Crippen LogP contribution in [0.5, 0.6) is 0 Å². The maximum absolute atomic E-state index is 10.8. The summed E-state index contributed by atoms with van der Waals surface area (Å²) in [5, 5.41) is 20.7. The average Bonchev–Trinajstić information content (AvgIpc) is 2.87. The van der Waals surface area contributed by atoms with Crippen LogP contribution in [-0.2, 0) is 17.8 Å². The molecule has 0 fully saturated rings. The molecule has 1 N–H and O–H groups in total. The Morgan fingerprint density at radius 1 is 1.33 bits per heavy atom. The first-order valence-corrected chi connectivity index (χ1v) is 7.11. The monoisotopic (exact) mass is 288 g/mol.